The molecule has 1 heterocycles. The number of nitrogens with zero attached hydrogens (tertiary/aromatic N) is 2. The Labute approximate surface area is 137 Å². The third-order valence-corrected chi connectivity index (χ3v) is 3.86. The maximum atomic E-state index is 12.3. The van der Waals surface area contributed by atoms with Gasteiger partial charge in [0.2, 0.25) is 11.8 Å². The van der Waals surface area contributed by atoms with Gasteiger partial charge in [0, 0.05) is 33.1 Å². The smallest absolute Gasteiger partial charge is 0.238 e. The lowest BCUT2D eigenvalue weighted by Gasteiger charge is -2.21. The average Bonchev–Trinajstić information content (AvgIpc) is 2.75. The van der Waals surface area contributed by atoms with Crippen LogP contribution in [-0.2, 0) is 9.59 Å². The van der Waals surface area contributed by atoms with Crippen LogP contribution in [0.25, 0.3) is 0 Å². The second-order valence-corrected chi connectivity index (χ2v) is 5.61. The van der Waals surface area contributed by atoms with Crippen molar-refractivity contribution < 1.29 is 14.3 Å². The molecule has 0 aromatic heterocycles. The van der Waals surface area contributed by atoms with Crippen molar-refractivity contribution >= 4 is 17.5 Å². The minimum Gasteiger partial charge on any atom is -0.492 e. The third-order valence-electron chi connectivity index (χ3n) is 3.86. The molecular weight excluding hydrogens is 294 g/mol. The summed E-state index contributed by atoms with van der Waals surface area (Å²) < 4.78 is 5.52. The molecule has 126 valence electrons. The van der Waals surface area contributed by atoms with Gasteiger partial charge in [-0.2, -0.15) is 0 Å². The molecule has 2 rings (SSSR count). The maximum Gasteiger partial charge on any atom is 0.238 e. The highest BCUT2D eigenvalue weighted by Gasteiger charge is 2.18. The van der Waals surface area contributed by atoms with Crippen molar-refractivity contribution in [3.8, 4) is 5.75 Å². The summed E-state index contributed by atoms with van der Waals surface area (Å²) in [5.41, 5.74) is 0.694. The van der Waals surface area contributed by atoms with Gasteiger partial charge < -0.3 is 15.0 Å². The highest BCUT2D eigenvalue weighted by molar-refractivity contribution is 5.93. The molecule has 6 heteroatoms. The number of anilines is 1. The van der Waals surface area contributed by atoms with Gasteiger partial charge in [-0.1, -0.05) is 12.1 Å². The monoisotopic (exact) mass is 319 g/mol. The number of benzene rings is 1. The fourth-order valence-electron chi connectivity index (χ4n) is 2.69. The standard InChI is InChI=1S/C17H25N3O3/c1-3-23-16-8-5-4-7-15(16)18-17(22)13-19-9-6-10-20(12-11-19)14(2)21/h4-5,7-8H,3,6,9-13H2,1-2H3,(H,18,22). The Kier molecular flexibility index (Phi) is 6.40. The Morgan fingerprint density at radius 3 is 2.70 bits per heavy atom. The fraction of sp³-hybridized carbons (Fsp3) is 0.529. The van der Waals surface area contributed by atoms with Gasteiger partial charge >= 0.3 is 0 Å². The molecule has 0 spiro atoms. The molecule has 2 amide bonds. The quantitative estimate of drug-likeness (QED) is 0.895. The largest absolute Gasteiger partial charge is 0.492 e. The number of carbonyl (C=O) groups is 2. The molecule has 0 saturated carbocycles. The summed E-state index contributed by atoms with van der Waals surface area (Å²) in [7, 11) is 0. The Bertz CT molecular complexity index is 548. The normalized spacial score (nSPS) is 15.8. The predicted octanol–water partition coefficient (Wildman–Crippen LogP) is 1.58. The van der Waals surface area contributed by atoms with Crippen molar-refractivity contribution in [3.05, 3.63) is 24.3 Å². The summed E-state index contributed by atoms with van der Waals surface area (Å²) in [5, 5.41) is 2.91. The van der Waals surface area contributed by atoms with E-state index in [4.69, 9.17) is 4.74 Å². The van der Waals surface area contributed by atoms with Gasteiger partial charge in [0.15, 0.2) is 0 Å². The van der Waals surface area contributed by atoms with E-state index in [9.17, 15) is 9.59 Å². The van der Waals surface area contributed by atoms with Crippen molar-refractivity contribution in [2.45, 2.75) is 20.3 Å². The van der Waals surface area contributed by atoms with Crippen molar-refractivity contribution in [1.82, 2.24) is 9.80 Å². The molecular formula is C17H25N3O3. The SMILES string of the molecule is CCOc1ccccc1NC(=O)CN1CCCN(C(C)=O)CC1. The van der Waals surface area contributed by atoms with Crippen LogP contribution in [0, 0.1) is 0 Å². The van der Waals surface area contributed by atoms with E-state index >= 15 is 0 Å². The van der Waals surface area contributed by atoms with Crippen molar-refractivity contribution in [3.63, 3.8) is 0 Å². The average molecular weight is 319 g/mol. The van der Waals surface area contributed by atoms with Crippen LogP contribution in [0.1, 0.15) is 20.3 Å². The fourth-order valence-corrected chi connectivity index (χ4v) is 2.69. The number of ether oxygens (including phenoxy) is 1. The molecule has 23 heavy (non-hydrogen) atoms. The maximum absolute atomic E-state index is 12.3. The predicted molar refractivity (Wildman–Crippen MR) is 89.6 cm³/mol. The molecule has 0 atom stereocenters. The van der Waals surface area contributed by atoms with Gasteiger partial charge in [-0.05, 0) is 25.5 Å². The van der Waals surface area contributed by atoms with Crippen LogP contribution >= 0.6 is 0 Å². The van der Waals surface area contributed by atoms with E-state index in [0.717, 1.165) is 26.1 Å². The van der Waals surface area contributed by atoms with Crippen molar-refractivity contribution in [2.24, 2.45) is 0 Å². The lowest BCUT2D eigenvalue weighted by atomic mass is 10.3. The lowest BCUT2D eigenvalue weighted by Crippen LogP contribution is -2.37. The highest BCUT2D eigenvalue weighted by atomic mass is 16.5. The zero-order valence-electron chi connectivity index (χ0n) is 13.9. The molecule has 1 N–H and O–H groups in total. The number of rotatable bonds is 5. The minimum absolute atomic E-state index is 0.0616. The van der Waals surface area contributed by atoms with E-state index in [-0.39, 0.29) is 11.8 Å². The Balaban J connectivity index is 1.89. The van der Waals surface area contributed by atoms with Crippen molar-refractivity contribution in [1.29, 1.82) is 0 Å². The van der Waals surface area contributed by atoms with Crippen LogP contribution in [-0.4, -0.2) is 60.9 Å². The van der Waals surface area contributed by atoms with Crippen LogP contribution in [0.4, 0.5) is 5.69 Å². The second kappa shape index (κ2) is 8.53. The lowest BCUT2D eigenvalue weighted by molar-refractivity contribution is -0.128. The van der Waals surface area contributed by atoms with Gasteiger partial charge in [-0.3, -0.25) is 14.5 Å². The molecule has 1 aromatic rings. The zero-order chi connectivity index (χ0) is 16.7. The van der Waals surface area contributed by atoms with E-state index in [1.165, 1.54) is 0 Å². The van der Waals surface area contributed by atoms with Gasteiger partial charge in [-0.15, -0.1) is 0 Å². The Morgan fingerprint density at radius 2 is 1.96 bits per heavy atom. The molecule has 1 aromatic carbocycles. The summed E-state index contributed by atoms with van der Waals surface area (Å²) in [4.78, 5) is 27.6. The highest BCUT2D eigenvalue weighted by Crippen LogP contribution is 2.23. The number of amides is 2. The first-order valence-electron chi connectivity index (χ1n) is 8.09. The van der Waals surface area contributed by atoms with Gasteiger partial charge in [0.25, 0.3) is 0 Å². The topological polar surface area (TPSA) is 61.9 Å². The second-order valence-electron chi connectivity index (χ2n) is 5.61. The van der Waals surface area contributed by atoms with Crippen LogP contribution in [0.15, 0.2) is 24.3 Å². The van der Waals surface area contributed by atoms with Crippen LogP contribution in [0.3, 0.4) is 0 Å². The van der Waals surface area contributed by atoms with E-state index in [1.807, 2.05) is 36.1 Å². The third kappa shape index (κ3) is 5.25. The number of hydrogen-bond donors (Lipinski definition) is 1. The summed E-state index contributed by atoms with van der Waals surface area (Å²) in [6, 6.07) is 7.43. The van der Waals surface area contributed by atoms with Crippen LogP contribution in [0.5, 0.6) is 5.75 Å². The first-order chi connectivity index (χ1) is 11.1. The molecule has 0 aliphatic carbocycles. The Morgan fingerprint density at radius 1 is 1.17 bits per heavy atom. The number of hydrogen-bond acceptors (Lipinski definition) is 4. The first-order valence-corrected chi connectivity index (χ1v) is 8.09. The van der Waals surface area contributed by atoms with Gasteiger partial charge in [-0.25, -0.2) is 0 Å². The molecule has 6 nitrogen and oxygen atoms in total. The number of carbonyl (C=O) groups excluding carboxylic acids is 2. The van der Waals surface area contributed by atoms with Gasteiger partial charge in [0.05, 0.1) is 18.8 Å². The molecule has 1 saturated heterocycles. The number of para-hydroxylation sites is 2. The molecule has 1 aliphatic heterocycles. The molecule has 0 bridgehead atoms. The summed E-state index contributed by atoms with van der Waals surface area (Å²) in [6.45, 7) is 7.37. The van der Waals surface area contributed by atoms with Crippen molar-refractivity contribution in [2.75, 3.05) is 44.6 Å². The van der Waals surface area contributed by atoms with Crippen LogP contribution < -0.4 is 10.1 Å². The number of nitrogens with one attached hydrogen (secondary N) is 1. The summed E-state index contributed by atoms with van der Waals surface area (Å²) in [6.07, 6.45) is 0.891. The summed E-state index contributed by atoms with van der Waals surface area (Å²) >= 11 is 0. The van der Waals surface area contributed by atoms with E-state index < -0.39 is 0 Å². The summed E-state index contributed by atoms with van der Waals surface area (Å²) in [5.74, 6) is 0.720. The molecule has 1 aliphatic rings. The first kappa shape index (κ1) is 17.3. The van der Waals surface area contributed by atoms with E-state index in [1.54, 1.807) is 6.92 Å². The molecule has 0 unspecified atom stereocenters. The van der Waals surface area contributed by atoms with E-state index in [0.29, 0.717) is 31.1 Å². The molecule has 1 fully saturated rings. The van der Waals surface area contributed by atoms with E-state index in [2.05, 4.69) is 10.2 Å². The Hall–Kier alpha value is -2.08. The van der Waals surface area contributed by atoms with Gasteiger partial charge in [0.1, 0.15) is 5.75 Å². The zero-order valence-corrected chi connectivity index (χ0v) is 13.9. The molecule has 0 radical (unpaired) electrons. The van der Waals surface area contributed by atoms with Crippen LogP contribution in [0.2, 0.25) is 0 Å². The minimum atomic E-state index is -0.0616.